The van der Waals surface area contributed by atoms with Crippen molar-refractivity contribution in [1.29, 1.82) is 0 Å². The third kappa shape index (κ3) is 4.51. The number of hydrogen-bond donors (Lipinski definition) is 3. The van der Waals surface area contributed by atoms with E-state index in [-0.39, 0.29) is 13.0 Å². The van der Waals surface area contributed by atoms with Gasteiger partial charge >= 0.3 is 12.1 Å². The predicted molar refractivity (Wildman–Crippen MR) is 40.6 cm³/mol. The number of nitrogens with one attached hydrogen (secondary N) is 1. The van der Waals surface area contributed by atoms with Crippen LogP contribution in [0, 0.1) is 0 Å². The number of amides is 1. The van der Waals surface area contributed by atoms with Gasteiger partial charge in [-0.2, -0.15) is 0 Å². The van der Waals surface area contributed by atoms with Crippen LogP contribution in [0.15, 0.2) is 0 Å². The number of carbonyl (C=O) groups is 2. The van der Waals surface area contributed by atoms with Gasteiger partial charge in [0.2, 0.25) is 0 Å². The van der Waals surface area contributed by atoms with Gasteiger partial charge < -0.3 is 20.9 Å². The first-order chi connectivity index (χ1) is 5.57. The van der Waals surface area contributed by atoms with Crippen molar-refractivity contribution in [3.05, 3.63) is 0 Å². The summed E-state index contributed by atoms with van der Waals surface area (Å²) in [5, 5.41) is 10.6. The van der Waals surface area contributed by atoms with Gasteiger partial charge in [0.05, 0.1) is 7.11 Å². The Kier molecular flexibility index (Phi) is 4.78. The Balaban J connectivity index is 3.43. The van der Waals surface area contributed by atoms with E-state index < -0.39 is 18.1 Å². The average Bonchev–Trinajstić information content (AvgIpc) is 2.03. The summed E-state index contributed by atoms with van der Waals surface area (Å²) < 4.78 is 4.25. The zero-order valence-corrected chi connectivity index (χ0v) is 6.74. The summed E-state index contributed by atoms with van der Waals surface area (Å²) in [7, 11) is 1.23. The second kappa shape index (κ2) is 5.36. The zero-order valence-electron chi connectivity index (χ0n) is 6.74. The van der Waals surface area contributed by atoms with Gasteiger partial charge in [-0.25, -0.2) is 4.79 Å². The number of aliphatic carboxylic acids is 1. The van der Waals surface area contributed by atoms with Crippen LogP contribution in [0.2, 0.25) is 0 Å². The Morgan fingerprint density at radius 3 is 2.67 bits per heavy atom. The lowest BCUT2D eigenvalue weighted by molar-refractivity contribution is -0.138. The summed E-state index contributed by atoms with van der Waals surface area (Å²) in [6.07, 6.45) is -0.405. The molecule has 0 aromatic carbocycles. The molecule has 0 spiro atoms. The highest BCUT2D eigenvalue weighted by Gasteiger charge is 2.10. The van der Waals surface area contributed by atoms with Crippen LogP contribution in [-0.4, -0.2) is 36.9 Å². The molecule has 70 valence electrons. The maximum Gasteiger partial charge on any atom is 0.406 e. The lowest BCUT2D eigenvalue weighted by atomic mass is 10.2. The molecular weight excluding hydrogens is 164 g/mol. The number of carboxylic acid groups (broad SMARTS) is 1. The van der Waals surface area contributed by atoms with Crippen molar-refractivity contribution < 1.29 is 19.4 Å². The monoisotopic (exact) mass is 176 g/mol. The second-order valence-electron chi connectivity index (χ2n) is 2.15. The van der Waals surface area contributed by atoms with Gasteiger partial charge in [0.25, 0.3) is 0 Å². The number of methoxy groups -OCH3 is 1. The molecule has 12 heavy (non-hydrogen) atoms. The summed E-state index contributed by atoms with van der Waals surface area (Å²) in [6.45, 7) is 0.195. The topological polar surface area (TPSA) is 102 Å². The number of carboxylic acids is 1. The summed E-state index contributed by atoms with van der Waals surface area (Å²) in [5.74, 6) is -1.08. The molecule has 6 nitrogen and oxygen atoms in total. The summed E-state index contributed by atoms with van der Waals surface area (Å²) in [4.78, 5) is 20.6. The first-order valence-electron chi connectivity index (χ1n) is 3.38. The van der Waals surface area contributed by atoms with Gasteiger partial charge in [-0.3, -0.25) is 4.79 Å². The van der Waals surface area contributed by atoms with E-state index in [1.165, 1.54) is 7.11 Å². The quantitative estimate of drug-likeness (QED) is 0.517. The average molecular weight is 176 g/mol. The predicted octanol–water partition coefficient (Wildman–Crippen LogP) is -0.856. The van der Waals surface area contributed by atoms with Crippen LogP contribution < -0.4 is 11.1 Å². The van der Waals surface area contributed by atoms with Gasteiger partial charge in [-0.15, -0.1) is 0 Å². The van der Waals surface area contributed by atoms with Gasteiger partial charge in [0.15, 0.2) is 0 Å². The minimum atomic E-state index is -1.08. The van der Waals surface area contributed by atoms with E-state index in [2.05, 4.69) is 10.1 Å². The van der Waals surface area contributed by atoms with Crippen molar-refractivity contribution in [1.82, 2.24) is 5.32 Å². The first-order valence-corrected chi connectivity index (χ1v) is 3.38. The molecule has 0 aliphatic carbocycles. The van der Waals surface area contributed by atoms with Crippen molar-refractivity contribution in [2.75, 3.05) is 13.7 Å². The van der Waals surface area contributed by atoms with E-state index >= 15 is 0 Å². The number of rotatable bonds is 4. The molecule has 0 aromatic rings. The third-order valence-electron chi connectivity index (χ3n) is 1.23. The smallest absolute Gasteiger partial charge is 0.406 e. The zero-order chi connectivity index (χ0) is 9.56. The van der Waals surface area contributed by atoms with Crippen molar-refractivity contribution in [2.24, 2.45) is 5.73 Å². The SMILES string of the molecule is COC(=O)NCC[C@H](N)C(=O)O. The first kappa shape index (κ1) is 10.7. The maximum absolute atomic E-state index is 10.4. The van der Waals surface area contributed by atoms with E-state index in [4.69, 9.17) is 10.8 Å². The van der Waals surface area contributed by atoms with Crippen molar-refractivity contribution >= 4 is 12.1 Å². The number of alkyl carbamates (subject to hydrolysis) is 1. The van der Waals surface area contributed by atoms with Gasteiger partial charge in [0, 0.05) is 6.54 Å². The van der Waals surface area contributed by atoms with E-state index in [0.717, 1.165) is 0 Å². The van der Waals surface area contributed by atoms with Crippen LogP contribution in [0.3, 0.4) is 0 Å². The number of nitrogens with two attached hydrogens (primary N) is 1. The molecule has 0 aromatic heterocycles. The molecule has 0 unspecified atom stereocenters. The summed E-state index contributed by atoms with van der Waals surface area (Å²) >= 11 is 0. The molecule has 0 aliphatic heterocycles. The van der Waals surface area contributed by atoms with Crippen molar-refractivity contribution in [3.63, 3.8) is 0 Å². The van der Waals surface area contributed by atoms with E-state index in [9.17, 15) is 9.59 Å². The van der Waals surface area contributed by atoms with E-state index in [1.807, 2.05) is 0 Å². The van der Waals surface area contributed by atoms with Crippen LogP contribution in [-0.2, 0) is 9.53 Å². The van der Waals surface area contributed by atoms with Crippen molar-refractivity contribution in [2.45, 2.75) is 12.5 Å². The molecule has 0 aliphatic rings. The number of hydrogen-bond acceptors (Lipinski definition) is 4. The molecule has 1 amide bonds. The Hall–Kier alpha value is -1.30. The Labute approximate surface area is 69.7 Å². The number of carbonyl (C=O) groups excluding carboxylic acids is 1. The molecule has 0 rings (SSSR count). The van der Waals surface area contributed by atoms with Crippen LogP contribution >= 0.6 is 0 Å². The third-order valence-corrected chi connectivity index (χ3v) is 1.23. The molecule has 0 saturated heterocycles. The molecule has 0 fully saturated rings. The fraction of sp³-hybridized carbons (Fsp3) is 0.667. The molecule has 4 N–H and O–H groups in total. The van der Waals surface area contributed by atoms with Crippen LogP contribution in [0.1, 0.15) is 6.42 Å². The Morgan fingerprint density at radius 1 is 1.67 bits per heavy atom. The minimum Gasteiger partial charge on any atom is -0.480 e. The summed E-state index contributed by atoms with van der Waals surface area (Å²) in [5.41, 5.74) is 5.15. The Morgan fingerprint density at radius 2 is 2.25 bits per heavy atom. The van der Waals surface area contributed by atoms with Gasteiger partial charge in [-0.05, 0) is 6.42 Å². The van der Waals surface area contributed by atoms with Crippen LogP contribution in [0.5, 0.6) is 0 Å². The highest BCUT2D eigenvalue weighted by molar-refractivity contribution is 5.73. The number of ether oxygens (including phenoxy) is 1. The molecular formula is C6H12N2O4. The molecule has 0 bridgehead atoms. The highest BCUT2D eigenvalue weighted by atomic mass is 16.5. The van der Waals surface area contributed by atoms with E-state index in [1.54, 1.807) is 0 Å². The minimum absolute atomic E-state index is 0.185. The Bertz CT molecular complexity index is 171. The van der Waals surface area contributed by atoms with Crippen molar-refractivity contribution in [3.8, 4) is 0 Å². The molecule has 0 radical (unpaired) electrons. The lowest BCUT2D eigenvalue weighted by Crippen LogP contribution is -2.35. The largest absolute Gasteiger partial charge is 0.480 e. The van der Waals surface area contributed by atoms with Gasteiger partial charge in [0.1, 0.15) is 6.04 Å². The maximum atomic E-state index is 10.4. The molecule has 0 saturated carbocycles. The normalized spacial score (nSPS) is 11.8. The molecule has 1 atom stereocenters. The fourth-order valence-electron chi connectivity index (χ4n) is 0.525. The van der Waals surface area contributed by atoms with Crippen LogP contribution in [0.4, 0.5) is 4.79 Å². The standard InChI is InChI=1S/C6H12N2O4/c1-12-6(11)8-3-2-4(7)5(9)10/h4H,2-3,7H2,1H3,(H,8,11)(H,9,10)/t4-/m0/s1. The van der Waals surface area contributed by atoms with Gasteiger partial charge in [-0.1, -0.05) is 0 Å². The fourth-order valence-corrected chi connectivity index (χ4v) is 0.525. The van der Waals surface area contributed by atoms with E-state index in [0.29, 0.717) is 0 Å². The van der Waals surface area contributed by atoms with Crippen LogP contribution in [0.25, 0.3) is 0 Å². The highest BCUT2D eigenvalue weighted by Crippen LogP contribution is 1.85. The second-order valence-corrected chi connectivity index (χ2v) is 2.15. The summed E-state index contributed by atoms with van der Waals surface area (Å²) in [6, 6.07) is -0.942. The lowest BCUT2D eigenvalue weighted by Gasteiger charge is -2.06. The molecule has 6 heteroatoms. The molecule has 0 heterocycles.